The summed E-state index contributed by atoms with van der Waals surface area (Å²) in [5.41, 5.74) is -0.505. The maximum absolute atomic E-state index is 14.6. The van der Waals surface area contributed by atoms with E-state index < -0.39 is 43.5 Å². The van der Waals surface area contributed by atoms with Crippen molar-refractivity contribution in [3.8, 4) is 0 Å². The van der Waals surface area contributed by atoms with Gasteiger partial charge < -0.3 is 15.4 Å². The SMILES string of the molecule is CC1(NC(=O)O[C@H]2C[C@@H](c3cc(Nc4nc(C(F)F)cn5nc(COC(F)(F)F)cc45)n[nH]3)C[C@H]2F)CC1. The summed E-state index contributed by atoms with van der Waals surface area (Å²) in [6.45, 7) is 0.951. The lowest BCUT2D eigenvalue weighted by atomic mass is 10.0. The molecular formula is C22H23F6N7O3. The number of aromatic nitrogens is 5. The van der Waals surface area contributed by atoms with Crippen molar-refractivity contribution in [1.82, 2.24) is 30.1 Å². The van der Waals surface area contributed by atoms with E-state index in [2.05, 4.69) is 35.7 Å². The average Bonchev–Trinajstić information content (AvgIpc) is 3.19. The van der Waals surface area contributed by atoms with Crippen LogP contribution in [0.5, 0.6) is 0 Å². The van der Waals surface area contributed by atoms with Gasteiger partial charge in [-0.25, -0.2) is 27.5 Å². The first kappa shape index (κ1) is 26.1. The smallest absolute Gasteiger partial charge is 0.443 e. The summed E-state index contributed by atoms with van der Waals surface area (Å²) >= 11 is 0. The van der Waals surface area contributed by atoms with Gasteiger partial charge in [0, 0.05) is 23.2 Å². The number of carbonyl (C=O) groups excluding carboxylic acids is 1. The van der Waals surface area contributed by atoms with E-state index in [4.69, 9.17) is 4.74 Å². The zero-order valence-electron chi connectivity index (χ0n) is 19.9. The lowest BCUT2D eigenvalue weighted by Crippen LogP contribution is -2.38. The van der Waals surface area contributed by atoms with Crippen LogP contribution in [-0.2, 0) is 16.1 Å². The van der Waals surface area contributed by atoms with Gasteiger partial charge in [0.15, 0.2) is 11.6 Å². The van der Waals surface area contributed by atoms with Gasteiger partial charge in [-0.05, 0) is 38.7 Å². The number of anilines is 2. The number of nitrogens with one attached hydrogen (secondary N) is 3. The van der Waals surface area contributed by atoms with Crippen LogP contribution in [0.4, 0.5) is 42.8 Å². The molecule has 3 aromatic heterocycles. The van der Waals surface area contributed by atoms with E-state index in [0.29, 0.717) is 5.69 Å². The average molecular weight is 547 g/mol. The van der Waals surface area contributed by atoms with E-state index in [0.717, 1.165) is 23.6 Å². The lowest BCUT2D eigenvalue weighted by molar-refractivity contribution is -0.330. The molecule has 0 unspecified atom stereocenters. The van der Waals surface area contributed by atoms with Crippen molar-refractivity contribution in [2.24, 2.45) is 0 Å². The van der Waals surface area contributed by atoms with Gasteiger partial charge in [0.25, 0.3) is 6.43 Å². The van der Waals surface area contributed by atoms with Gasteiger partial charge in [0.05, 0.1) is 11.9 Å². The zero-order valence-corrected chi connectivity index (χ0v) is 19.9. The Kier molecular flexibility index (Phi) is 6.61. The predicted molar refractivity (Wildman–Crippen MR) is 119 cm³/mol. The van der Waals surface area contributed by atoms with Crippen molar-refractivity contribution < 1.29 is 40.6 Å². The highest BCUT2D eigenvalue weighted by Gasteiger charge is 2.42. The van der Waals surface area contributed by atoms with E-state index in [1.165, 1.54) is 12.1 Å². The second-order valence-corrected chi connectivity index (χ2v) is 9.66. The molecule has 3 heterocycles. The quantitative estimate of drug-likeness (QED) is 0.339. The van der Waals surface area contributed by atoms with Crippen molar-refractivity contribution in [2.45, 2.75) is 75.7 Å². The molecule has 2 aliphatic rings. The molecular weight excluding hydrogens is 524 g/mol. The van der Waals surface area contributed by atoms with E-state index in [9.17, 15) is 31.1 Å². The van der Waals surface area contributed by atoms with Crippen molar-refractivity contribution in [1.29, 1.82) is 0 Å². The number of carbonyl (C=O) groups is 1. The number of H-pyrrole nitrogens is 1. The van der Waals surface area contributed by atoms with Crippen LogP contribution in [0.2, 0.25) is 0 Å². The minimum Gasteiger partial charge on any atom is -0.443 e. The largest absolute Gasteiger partial charge is 0.522 e. The van der Waals surface area contributed by atoms with E-state index in [-0.39, 0.29) is 47.1 Å². The number of ether oxygens (including phenoxy) is 2. The van der Waals surface area contributed by atoms with Crippen LogP contribution in [0.25, 0.3) is 5.52 Å². The fourth-order valence-electron chi connectivity index (χ4n) is 4.27. The normalized spacial score (nSPS) is 22.7. The Balaban J connectivity index is 1.29. The van der Waals surface area contributed by atoms with Gasteiger partial charge in [-0.2, -0.15) is 10.2 Å². The number of rotatable bonds is 8. The summed E-state index contributed by atoms with van der Waals surface area (Å²) in [5, 5.41) is 16.2. The lowest BCUT2D eigenvalue weighted by Gasteiger charge is -2.17. The third-order valence-corrected chi connectivity index (χ3v) is 6.51. The van der Waals surface area contributed by atoms with E-state index in [1.807, 2.05) is 6.92 Å². The van der Waals surface area contributed by atoms with Crippen molar-refractivity contribution in [2.75, 3.05) is 5.32 Å². The van der Waals surface area contributed by atoms with Gasteiger partial charge in [-0.3, -0.25) is 9.84 Å². The Morgan fingerprint density at radius 1 is 1.29 bits per heavy atom. The monoisotopic (exact) mass is 547 g/mol. The molecule has 38 heavy (non-hydrogen) atoms. The number of alkyl halides is 6. The molecule has 2 fully saturated rings. The van der Waals surface area contributed by atoms with E-state index in [1.54, 1.807) is 0 Å². The highest BCUT2D eigenvalue weighted by atomic mass is 19.4. The highest BCUT2D eigenvalue weighted by molar-refractivity contribution is 5.72. The number of alkyl carbamates (subject to hydrolysis) is 1. The first-order valence-corrected chi connectivity index (χ1v) is 11.7. The minimum absolute atomic E-state index is 0.0748. The molecule has 0 bridgehead atoms. The Hall–Kier alpha value is -3.56. The fourth-order valence-corrected chi connectivity index (χ4v) is 4.27. The predicted octanol–water partition coefficient (Wildman–Crippen LogP) is 5.03. The molecule has 0 aromatic carbocycles. The summed E-state index contributed by atoms with van der Waals surface area (Å²) in [4.78, 5) is 15.9. The maximum Gasteiger partial charge on any atom is 0.522 e. The molecule has 2 saturated carbocycles. The topological polar surface area (TPSA) is 118 Å². The standard InChI is InChI=1S/C22H23F6N7O3/c1-21(2-3-21)31-20(36)38-16-5-10(4-12(16)23)13-7-17(33-32-13)30-19-15-6-11(9-37-22(26,27)28)34-35(15)8-14(29-19)18(24)25/h6-8,10,12,16,18H,2-5,9H2,1H3,(H,31,36)(H2,29,30,32,33)/t10-,12+,16-/m0/s1. The maximum atomic E-state index is 14.6. The zero-order chi connectivity index (χ0) is 27.2. The Morgan fingerprint density at radius 2 is 2.05 bits per heavy atom. The first-order chi connectivity index (χ1) is 17.9. The number of amides is 1. The van der Waals surface area contributed by atoms with Gasteiger partial charge in [-0.1, -0.05) is 0 Å². The van der Waals surface area contributed by atoms with Crippen molar-refractivity contribution in [3.05, 3.63) is 35.4 Å². The molecule has 0 aliphatic heterocycles. The Labute approximate surface area is 211 Å². The number of halogens is 6. The molecule has 10 nitrogen and oxygen atoms in total. The second-order valence-electron chi connectivity index (χ2n) is 9.66. The molecule has 206 valence electrons. The van der Waals surface area contributed by atoms with Crippen molar-refractivity contribution in [3.63, 3.8) is 0 Å². The molecule has 3 atom stereocenters. The number of nitrogens with zero attached hydrogens (tertiary/aromatic N) is 4. The molecule has 5 rings (SSSR count). The van der Waals surface area contributed by atoms with Crippen LogP contribution < -0.4 is 10.6 Å². The highest BCUT2D eigenvalue weighted by Crippen LogP contribution is 2.39. The molecule has 1 amide bonds. The third kappa shape index (κ3) is 5.95. The summed E-state index contributed by atoms with van der Waals surface area (Å²) in [6.07, 6.45) is -8.00. The van der Waals surface area contributed by atoms with Crippen LogP contribution in [0.1, 0.15) is 62.0 Å². The minimum atomic E-state index is -4.89. The Bertz CT molecular complexity index is 1320. The summed E-state index contributed by atoms with van der Waals surface area (Å²) in [5.74, 6) is -0.342. The fraction of sp³-hybridized carbons (Fsp3) is 0.545. The molecule has 3 N–H and O–H groups in total. The van der Waals surface area contributed by atoms with E-state index >= 15 is 0 Å². The van der Waals surface area contributed by atoms with Gasteiger partial charge >= 0.3 is 12.5 Å². The molecule has 16 heteroatoms. The molecule has 3 aromatic rings. The number of aromatic amines is 1. The van der Waals surface area contributed by atoms with Gasteiger partial charge in [0.2, 0.25) is 0 Å². The summed E-state index contributed by atoms with van der Waals surface area (Å²) < 4.78 is 88.6. The first-order valence-electron chi connectivity index (χ1n) is 11.7. The van der Waals surface area contributed by atoms with Crippen LogP contribution in [0, 0.1) is 0 Å². The summed E-state index contributed by atoms with van der Waals surface area (Å²) in [7, 11) is 0. The van der Waals surface area contributed by atoms with Gasteiger partial charge in [0.1, 0.15) is 30.1 Å². The van der Waals surface area contributed by atoms with Crippen LogP contribution in [0.3, 0.4) is 0 Å². The summed E-state index contributed by atoms with van der Waals surface area (Å²) in [6, 6.07) is 2.74. The van der Waals surface area contributed by atoms with Crippen LogP contribution in [-0.4, -0.2) is 55.1 Å². The molecule has 0 radical (unpaired) electrons. The number of hydrogen-bond acceptors (Lipinski definition) is 7. The Morgan fingerprint density at radius 3 is 2.74 bits per heavy atom. The molecule has 0 spiro atoms. The number of hydrogen-bond donors (Lipinski definition) is 3. The van der Waals surface area contributed by atoms with Gasteiger partial charge in [-0.15, -0.1) is 13.2 Å². The van der Waals surface area contributed by atoms with Crippen molar-refractivity contribution >= 4 is 23.2 Å². The molecule has 0 saturated heterocycles. The van der Waals surface area contributed by atoms with Crippen LogP contribution in [0.15, 0.2) is 18.3 Å². The van der Waals surface area contributed by atoms with Crippen LogP contribution >= 0.6 is 0 Å². The third-order valence-electron chi connectivity index (χ3n) is 6.51. The number of fused-ring (bicyclic) bond motifs is 1. The molecule has 2 aliphatic carbocycles. The second kappa shape index (κ2) is 9.63.